The summed E-state index contributed by atoms with van der Waals surface area (Å²) >= 11 is 5.81. The minimum absolute atomic E-state index is 0.704. The van der Waals surface area contributed by atoms with Gasteiger partial charge in [0, 0.05) is 5.02 Å². The molecule has 0 amide bonds. The van der Waals surface area contributed by atoms with Crippen molar-refractivity contribution >= 4 is 17.7 Å². The van der Waals surface area contributed by atoms with Crippen molar-refractivity contribution in [3.05, 3.63) is 47.5 Å². The van der Waals surface area contributed by atoms with Crippen molar-refractivity contribution in [3.63, 3.8) is 0 Å². The largest absolute Gasteiger partial charge is 0.214 e. The van der Waals surface area contributed by atoms with Crippen LogP contribution in [0.15, 0.2) is 30.8 Å². The van der Waals surface area contributed by atoms with Gasteiger partial charge in [0.05, 0.1) is 5.69 Å². The molecular weight excluding hydrogens is 210 g/mol. The predicted molar refractivity (Wildman–Crippen MR) is 61.2 cm³/mol. The lowest BCUT2D eigenvalue weighted by atomic mass is 10.3. The van der Waals surface area contributed by atoms with Gasteiger partial charge in [0.15, 0.2) is 5.82 Å². The fraction of sp³-hybridized carbons (Fsp3) is 0.0909. The molecule has 0 aliphatic heterocycles. The van der Waals surface area contributed by atoms with E-state index in [0.717, 1.165) is 17.3 Å². The highest BCUT2D eigenvalue weighted by molar-refractivity contribution is 6.30. The molecule has 0 unspecified atom stereocenters. The summed E-state index contributed by atoms with van der Waals surface area (Å²) in [6.45, 7) is 5.55. The number of rotatable bonds is 2. The van der Waals surface area contributed by atoms with Crippen LogP contribution in [0.4, 0.5) is 0 Å². The zero-order valence-electron chi connectivity index (χ0n) is 8.31. The van der Waals surface area contributed by atoms with E-state index in [9.17, 15) is 0 Å². The Morgan fingerprint density at radius 3 is 2.60 bits per heavy atom. The lowest BCUT2D eigenvalue weighted by Crippen LogP contribution is -1.98. The average Bonchev–Trinajstić information content (AvgIpc) is 2.61. The standard InChI is InChI=1S/C11H10ClN3/c1-3-11-13-8(2)14-15(11)10-6-4-9(12)5-7-10/h3-7H,1H2,2H3. The zero-order valence-corrected chi connectivity index (χ0v) is 9.07. The summed E-state index contributed by atoms with van der Waals surface area (Å²) in [5.74, 6) is 1.45. The van der Waals surface area contributed by atoms with Crippen molar-refractivity contribution in [3.8, 4) is 5.69 Å². The van der Waals surface area contributed by atoms with Gasteiger partial charge in [-0.1, -0.05) is 18.2 Å². The number of nitrogens with zero attached hydrogens (tertiary/aromatic N) is 3. The third-order valence-electron chi connectivity index (χ3n) is 1.99. The minimum Gasteiger partial charge on any atom is -0.214 e. The molecule has 3 nitrogen and oxygen atoms in total. The molecule has 0 N–H and O–H groups in total. The van der Waals surface area contributed by atoms with Crippen molar-refractivity contribution in [2.24, 2.45) is 0 Å². The van der Waals surface area contributed by atoms with Gasteiger partial charge in [0.1, 0.15) is 5.82 Å². The molecule has 4 heteroatoms. The van der Waals surface area contributed by atoms with E-state index in [1.54, 1.807) is 10.8 Å². The van der Waals surface area contributed by atoms with Crippen LogP contribution >= 0.6 is 11.6 Å². The predicted octanol–water partition coefficient (Wildman–Crippen LogP) is 2.87. The number of hydrogen-bond donors (Lipinski definition) is 0. The Kier molecular flexibility index (Phi) is 2.56. The van der Waals surface area contributed by atoms with Crippen molar-refractivity contribution in [1.82, 2.24) is 14.8 Å². The van der Waals surface area contributed by atoms with Crippen molar-refractivity contribution in [2.45, 2.75) is 6.92 Å². The quantitative estimate of drug-likeness (QED) is 0.778. The lowest BCUT2D eigenvalue weighted by Gasteiger charge is -2.02. The Bertz CT molecular complexity index is 485. The first-order valence-corrected chi connectivity index (χ1v) is 4.90. The Hall–Kier alpha value is -1.61. The van der Waals surface area contributed by atoms with Gasteiger partial charge >= 0.3 is 0 Å². The molecule has 1 heterocycles. The number of halogens is 1. The molecule has 1 aromatic carbocycles. The molecule has 0 aliphatic rings. The monoisotopic (exact) mass is 219 g/mol. The summed E-state index contributed by atoms with van der Waals surface area (Å²) in [5, 5.41) is 4.98. The molecule has 0 radical (unpaired) electrons. The van der Waals surface area contributed by atoms with E-state index < -0.39 is 0 Å². The van der Waals surface area contributed by atoms with Gasteiger partial charge < -0.3 is 0 Å². The Morgan fingerprint density at radius 2 is 2.00 bits per heavy atom. The number of benzene rings is 1. The molecule has 0 fully saturated rings. The Morgan fingerprint density at radius 1 is 1.33 bits per heavy atom. The molecule has 0 bridgehead atoms. The fourth-order valence-electron chi connectivity index (χ4n) is 1.34. The smallest absolute Gasteiger partial charge is 0.155 e. The first-order valence-electron chi connectivity index (χ1n) is 4.53. The molecule has 0 atom stereocenters. The number of aryl methyl sites for hydroxylation is 1. The van der Waals surface area contributed by atoms with Crippen LogP contribution in [0.1, 0.15) is 11.6 Å². The van der Waals surface area contributed by atoms with Gasteiger partial charge in [0.2, 0.25) is 0 Å². The van der Waals surface area contributed by atoms with Crippen LogP contribution in [-0.4, -0.2) is 14.8 Å². The van der Waals surface area contributed by atoms with Crippen LogP contribution in [0.3, 0.4) is 0 Å². The highest BCUT2D eigenvalue weighted by atomic mass is 35.5. The van der Waals surface area contributed by atoms with Crippen molar-refractivity contribution in [2.75, 3.05) is 0 Å². The SMILES string of the molecule is C=Cc1nc(C)nn1-c1ccc(Cl)cc1. The Labute approximate surface area is 93.0 Å². The second-order valence-corrected chi connectivity index (χ2v) is 3.55. The number of hydrogen-bond acceptors (Lipinski definition) is 2. The third-order valence-corrected chi connectivity index (χ3v) is 2.24. The molecular formula is C11H10ClN3. The molecule has 0 spiro atoms. The van der Waals surface area contributed by atoms with Crippen molar-refractivity contribution in [1.29, 1.82) is 0 Å². The highest BCUT2D eigenvalue weighted by Crippen LogP contribution is 2.14. The lowest BCUT2D eigenvalue weighted by molar-refractivity contribution is 0.854. The van der Waals surface area contributed by atoms with Gasteiger partial charge in [-0.15, -0.1) is 0 Å². The maximum Gasteiger partial charge on any atom is 0.155 e. The number of aromatic nitrogens is 3. The molecule has 15 heavy (non-hydrogen) atoms. The molecule has 0 aliphatic carbocycles. The van der Waals surface area contributed by atoms with Crippen LogP contribution in [-0.2, 0) is 0 Å². The van der Waals surface area contributed by atoms with Crippen LogP contribution in [0.25, 0.3) is 11.8 Å². The van der Waals surface area contributed by atoms with E-state index in [-0.39, 0.29) is 0 Å². The van der Waals surface area contributed by atoms with Crippen LogP contribution in [0.5, 0.6) is 0 Å². The van der Waals surface area contributed by atoms with Crippen LogP contribution in [0.2, 0.25) is 5.02 Å². The minimum atomic E-state index is 0.704. The highest BCUT2D eigenvalue weighted by Gasteiger charge is 2.05. The molecule has 0 saturated heterocycles. The molecule has 1 aromatic heterocycles. The fourth-order valence-corrected chi connectivity index (χ4v) is 1.46. The average molecular weight is 220 g/mol. The second-order valence-electron chi connectivity index (χ2n) is 3.11. The van der Waals surface area contributed by atoms with E-state index in [4.69, 9.17) is 11.6 Å². The summed E-state index contributed by atoms with van der Waals surface area (Å²) in [7, 11) is 0. The van der Waals surface area contributed by atoms with E-state index >= 15 is 0 Å². The van der Waals surface area contributed by atoms with E-state index in [2.05, 4.69) is 16.7 Å². The first-order chi connectivity index (χ1) is 7.20. The maximum atomic E-state index is 5.81. The molecule has 2 rings (SSSR count). The van der Waals surface area contributed by atoms with Gasteiger partial charge in [0.25, 0.3) is 0 Å². The van der Waals surface area contributed by atoms with Crippen molar-refractivity contribution < 1.29 is 0 Å². The molecule has 0 saturated carbocycles. The normalized spacial score (nSPS) is 10.3. The third kappa shape index (κ3) is 1.92. The second kappa shape index (κ2) is 3.87. The summed E-state index contributed by atoms with van der Waals surface area (Å²) in [6, 6.07) is 7.43. The van der Waals surface area contributed by atoms with Crippen LogP contribution < -0.4 is 0 Å². The topological polar surface area (TPSA) is 30.7 Å². The van der Waals surface area contributed by atoms with Gasteiger partial charge in [-0.2, -0.15) is 5.10 Å². The zero-order chi connectivity index (χ0) is 10.8. The van der Waals surface area contributed by atoms with E-state index in [0.29, 0.717) is 5.02 Å². The summed E-state index contributed by atoms with van der Waals surface area (Å²) in [4.78, 5) is 4.23. The summed E-state index contributed by atoms with van der Waals surface area (Å²) in [6.07, 6.45) is 1.68. The summed E-state index contributed by atoms with van der Waals surface area (Å²) < 4.78 is 1.73. The molecule has 76 valence electrons. The van der Waals surface area contributed by atoms with E-state index in [1.165, 1.54) is 0 Å². The van der Waals surface area contributed by atoms with Crippen LogP contribution in [0, 0.1) is 6.92 Å². The maximum absolute atomic E-state index is 5.81. The van der Waals surface area contributed by atoms with E-state index in [1.807, 2.05) is 31.2 Å². The molecule has 2 aromatic rings. The van der Waals surface area contributed by atoms with Gasteiger partial charge in [-0.25, -0.2) is 9.67 Å². The van der Waals surface area contributed by atoms with Gasteiger partial charge in [-0.3, -0.25) is 0 Å². The summed E-state index contributed by atoms with van der Waals surface area (Å²) in [5.41, 5.74) is 0.926. The van der Waals surface area contributed by atoms with Gasteiger partial charge in [-0.05, 0) is 37.3 Å². The Balaban J connectivity index is 2.52. The first kappa shape index (κ1) is 9.93.